The fourth-order valence-electron chi connectivity index (χ4n) is 2.48. The highest BCUT2D eigenvalue weighted by Gasteiger charge is 2.40. The van der Waals surface area contributed by atoms with Crippen molar-refractivity contribution < 1.29 is 14.7 Å². The minimum absolute atomic E-state index is 0.153. The number of rotatable bonds is 6. The predicted molar refractivity (Wildman–Crippen MR) is 69.3 cm³/mol. The maximum absolute atomic E-state index is 11.9. The van der Waals surface area contributed by atoms with Gasteiger partial charge in [-0.2, -0.15) is 0 Å². The van der Waals surface area contributed by atoms with E-state index in [2.05, 4.69) is 5.32 Å². The molecule has 1 fully saturated rings. The maximum atomic E-state index is 11.9. The van der Waals surface area contributed by atoms with Crippen LogP contribution in [0.15, 0.2) is 0 Å². The Bertz CT molecular complexity index is 297. The molecule has 1 aliphatic rings. The summed E-state index contributed by atoms with van der Waals surface area (Å²) >= 11 is 0. The first-order valence-electron chi connectivity index (χ1n) is 6.71. The van der Waals surface area contributed by atoms with E-state index < -0.39 is 11.4 Å². The van der Waals surface area contributed by atoms with Crippen molar-refractivity contribution in [1.82, 2.24) is 10.2 Å². The van der Waals surface area contributed by atoms with Crippen LogP contribution < -0.4 is 5.32 Å². The number of carbonyl (C=O) groups is 2. The molecule has 0 unspecified atom stereocenters. The smallest absolute Gasteiger partial charge is 0.309 e. The molecule has 0 aromatic rings. The Morgan fingerprint density at radius 1 is 1.33 bits per heavy atom. The molecule has 0 aliphatic carbocycles. The molecule has 18 heavy (non-hydrogen) atoms. The van der Waals surface area contributed by atoms with Crippen LogP contribution in [0.1, 0.15) is 39.0 Å². The second-order valence-electron chi connectivity index (χ2n) is 5.03. The average Bonchev–Trinajstić information content (AvgIpc) is 2.38. The quantitative estimate of drug-likeness (QED) is 0.698. The predicted octanol–water partition coefficient (Wildman–Crippen LogP) is 1.09. The zero-order valence-corrected chi connectivity index (χ0v) is 11.4. The molecule has 1 heterocycles. The Morgan fingerprint density at radius 3 is 2.39 bits per heavy atom. The molecule has 1 saturated heterocycles. The molecule has 5 nitrogen and oxygen atoms in total. The lowest BCUT2D eigenvalue weighted by molar-refractivity contribution is -0.154. The van der Waals surface area contributed by atoms with Crippen LogP contribution in [0.25, 0.3) is 0 Å². The first-order chi connectivity index (χ1) is 8.55. The van der Waals surface area contributed by atoms with Crippen molar-refractivity contribution in [3.63, 3.8) is 0 Å². The van der Waals surface area contributed by atoms with Gasteiger partial charge in [-0.05, 0) is 39.3 Å². The third-order valence-corrected chi connectivity index (χ3v) is 4.02. The summed E-state index contributed by atoms with van der Waals surface area (Å²) in [5.41, 5.74) is -0.609. The summed E-state index contributed by atoms with van der Waals surface area (Å²) in [5.74, 6) is -0.562. The maximum Gasteiger partial charge on any atom is 0.309 e. The summed E-state index contributed by atoms with van der Waals surface area (Å²) in [7, 11) is 1.87. The summed E-state index contributed by atoms with van der Waals surface area (Å²) in [6.45, 7) is 3.92. The third-order valence-electron chi connectivity index (χ3n) is 4.02. The fourth-order valence-corrected chi connectivity index (χ4v) is 2.48. The Labute approximate surface area is 109 Å². The number of carboxylic acids is 1. The number of carbonyl (C=O) groups excluding carboxylic acids is 1. The number of aliphatic carboxylic acids is 1. The average molecular weight is 256 g/mol. The number of hydrogen-bond acceptors (Lipinski definition) is 3. The van der Waals surface area contributed by atoms with Gasteiger partial charge in [0.2, 0.25) is 5.91 Å². The van der Waals surface area contributed by atoms with Gasteiger partial charge < -0.3 is 15.3 Å². The lowest BCUT2D eigenvalue weighted by Gasteiger charge is -2.38. The first kappa shape index (κ1) is 15.0. The van der Waals surface area contributed by atoms with Crippen LogP contribution in [0, 0.1) is 5.41 Å². The van der Waals surface area contributed by atoms with E-state index in [-0.39, 0.29) is 5.91 Å². The zero-order valence-electron chi connectivity index (χ0n) is 11.4. The van der Waals surface area contributed by atoms with E-state index in [9.17, 15) is 14.7 Å². The van der Waals surface area contributed by atoms with Crippen LogP contribution in [-0.2, 0) is 9.59 Å². The van der Waals surface area contributed by atoms with E-state index >= 15 is 0 Å². The van der Waals surface area contributed by atoms with Crippen LogP contribution in [0.3, 0.4) is 0 Å². The highest BCUT2D eigenvalue weighted by atomic mass is 16.4. The topological polar surface area (TPSA) is 69.6 Å². The molecular formula is C13H24N2O3. The van der Waals surface area contributed by atoms with Crippen molar-refractivity contribution in [2.75, 3.05) is 26.7 Å². The number of nitrogens with zero attached hydrogens (tertiary/aromatic N) is 1. The Kier molecular flexibility index (Phi) is 5.59. The third kappa shape index (κ3) is 3.45. The van der Waals surface area contributed by atoms with Crippen LogP contribution in [0.5, 0.6) is 0 Å². The number of piperidine rings is 1. The Balaban J connectivity index is 2.43. The molecule has 5 heteroatoms. The van der Waals surface area contributed by atoms with E-state index in [1.807, 2.05) is 18.9 Å². The number of amides is 1. The fraction of sp³-hybridized carbons (Fsp3) is 0.846. The molecule has 0 saturated carbocycles. The van der Waals surface area contributed by atoms with E-state index in [1.165, 1.54) is 0 Å². The summed E-state index contributed by atoms with van der Waals surface area (Å²) in [6, 6.07) is 0. The van der Waals surface area contributed by atoms with Gasteiger partial charge in [0.05, 0.1) is 5.41 Å². The van der Waals surface area contributed by atoms with Gasteiger partial charge in [0.15, 0.2) is 0 Å². The highest BCUT2D eigenvalue weighted by molar-refractivity contribution is 5.78. The Hall–Kier alpha value is -1.10. The van der Waals surface area contributed by atoms with Crippen molar-refractivity contribution in [3.8, 4) is 0 Å². The molecule has 104 valence electrons. The van der Waals surface area contributed by atoms with E-state index in [0.29, 0.717) is 38.8 Å². The lowest BCUT2D eigenvalue weighted by atomic mass is 9.76. The largest absolute Gasteiger partial charge is 0.481 e. The second kappa shape index (κ2) is 6.73. The second-order valence-corrected chi connectivity index (χ2v) is 5.03. The van der Waals surface area contributed by atoms with E-state index in [1.54, 1.807) is 0 Å². The van der Waals surface area contributed by atoms with Crippen molar-refractivity contribution in [2.45, 2.75) is 39.0 Å². The molecular weight excluding hydrogens is 232 g/mol. The van der Waals surface area contributed by atoms with Crippen LogP contribution in [0.4, 0.5) is 0 Å². The summed E-state index contributed by atoms with van der Waals surface area (Å²) in [5, 5.41) is 12.3. The van der Waals surface area contributed by atoms with Crippen molar-refractivity contribution in [1.29, 1.82) is 0 Å². The van der Waals surface area contributed by atoms with E-state index in [4.69, 9.17) is 0 Å². The van der Waals surface area contributed by atoms with Crippen LogP contribution >= 0.6 is 0 Å². The van der Waals surface area contributed by atoms with Gasteiger partial charge in [0, 0.05) is 19.5 Å². The summed E-state index contributed by atoms with van der Waals surface area (Å²) in [6.07, 6.45) is 3.19. The molecule has 0 radical (unpaired) electrons. The monoisotopic (exact) mass is 256 g/mol. The molecule has 1 aliphatic heterocycles. The highest BCUT2D eigenvalue weighted by Crippen LogP contribution is 2.35. The molecule has 0 spiro atoms. The molecule has 2 N–H and O–H groups in total. The molecule has 1 amide bonds. The SMILES string of the molecule is CCC1(C(=O)O)CCN(C(=O)CCCNC)CC1. The summed E-state index contributed by atoms with van der Waals surface area (Å²) < 4.78 is 0. The minimum atomic E-state index is -0.715. The van der Waals surface area contributed by atoms with Gasteiger partial charge in [0.25, 0.3) is 0 Å². The van der Waals surface area contributed by atoms with Crippen molar-refractivity contribution >= 4 is 11.9 Å². The first-order valence-corrected chi connectivity index (χ1v) is 6.71. The van der Waals surface area contributed by atoms with Crippen molar-refractivity contribution in [2.24, 2.45) is 5.41 Å². The van der Waals surface area contributed by atoms with Gasteiger partial charge >= 0.3 is 5.97 Å². The minimum Gasteiger partial charge on any atom is -0.481 e. The standard InChI is InChI=1S/C13H24N2O3/c1-3-13(12(17)18)6-9-15(10-7-13)11(16)5-4-8-14-2/h14H,3-10H2,1-2H3,(H,17,18). The van der Waals surface area contributed by atoms with Crippen LogP contribution in [0.2, 0.25) is 0 Å². The number of likely N-dealkylation sites (tertiary alicyclic amines) is 1. The Morgan fingerprint density at radius 2 is 1.94 bits per heavy atom. The molecule has 0 atom stereocenters. The summed E-state index contributed by atoms with van der Waals surface area (Å²) in [4.78, 5) is 25.0. The van der Waals surface area contributed by atoms with E-state index in [0.717, 1.165) is 13.0 Å². The molecule has 1 rings (SSSR count). The van der Waals surface area contributed by atoms with Gasteiger partial charge in [-0.25, -0.2) is 0 Å². The number of hydrogen-bond donors (Lipinski definition) is 2. The van der Waals surface area contributed by atoms with Crippen molar-refractivity contribution in [3.05, 3.63) is 0 Å². The molecule has 0 bridgehead atoms. The molecule has 0 aromatic heterocycles. The number of nitrogens with one attached hydrogen (secondary N) is 1. The molecule has 0 aromatic carbocycles. The van der Waals surface area contributed by atoms with Gasteiger partial charge in [-0.1, -0.05) is 6.92 Å². The normalized spacial score (nSPS) is 18.7. The zero-order chi connectivity index (χ0) is 13.6. The van der Waals surface area contributed by atoms with Crippen LogP contribution in [-0.4, -0.2) is 48.6 Å². The van der Waals surface area contributed by atoms with Gasteiger partial charge in [-0.15, -0.1) is 0 Å². The van der Waals surface area contributed by atoms with Gasteiger partial charge in [0.1, 0.15) is 0 Å². The number of carboxylic acid groups (broad SMARTS) is 1. The van der Waals surface area contributed by atoms with Gasteiger partial charge in [-0.3, -0.25) is 9.59 Å². The lowest BCUT2D eigenvalue weighted by Crippen LogP contribution is -2.46.